The van der Waals surface area contributed by atoms with Gasteiger partial charge in [-0.05, 0) is 54.7 Å². The predicted octanol–water partition coefficient (Wildman–Crippen LogP) is 4.18. The van der Waals surface area contributed by atoms with Crippen LogP contribution in [0, 0.1) is 6.92 Å². The standard InChI is InChI=1S/C22H24ClN3O3/c1-13(2)15-5-7-16(8-6-15)22(4)20(28)26(21(29)25-22)12-19(27)24-18-10-9-17(23)11-14(18)3/h5-11,13H,12H2,1-4H3,(H,24,27)(H,25,29)/t22-/m1/s1. The minimum Gasteiger partial charge on any atom is -0.324 e. The second kappa shape index (κ2) is 7.87. The van der Waals surface area contributed by atoms with Crippen LogP contribution in [-0.4, -0.2) is 29.3 Å². The number of hydrogen-bond acceptors (Lipinski definition) is 3. The van der Waals surface area contributed by atoms with Crippen molar-refractivity contribution in [1.82, 2.24) is 10.2 Å². The highest BCUT2D eigenvalue weighted by atomic mass is 35.5. The molecule has 4 amide bonds. The van der Waals surface area contributed by atoms with Crippen LogP contribution < -0.4 is 10.6 Å². The summed E-state index contributed by atoms with van der Waals surface area (Å²) in [6.45, 7) is 7.27. The fraction of sp³-hybridized carbons (Fsp3) is 0.318. The van der Waals surface area contributed by atoms with Crippen LogP contribution in [0.4, 0.5) is 10.5 Å². The van der Waals surface area contributed by atoms with Gasteiger partial charge in [-0.25, -0.2) is 4.79 Å². The van der Waals surface area contributed by atoms with Crippen LogP contribution in [0.1, 0.15) is 43.4 Å². The van der Waals surface area contributed by atoms with E-state index in [1.807, 2.05) is 31.2 Å². The van der Waals surface area contributed by atoms with Crippen molar-refractivity contribution >= 4 is 35.1 Å². The lowest BCUT2D eigenvalue weighted by Gasteiger charge is -2.23. The molecular formula is C22H24ClN3O3. The number of aryl methyl sites for hydroxylation is 1. The molecule has 1 aliphatic rings. The smallest absolute Gasteiger partial charge is 0.324 e. The topological polar surface area (TPSA) is 78.5 Å². The molecule has 0 aromatic heterocycles. The summed E-state index contributed by atoms with van der Waals surface area (Å²) in [5, 5.41) is 6.01. The molecule has 2 aromatic rings. The molecule has 29 heavy (non-hydrogen) atoms. The van der Waals surface area contributed by atoms with E-state index in [1.165, 1.54) is 0 Å². The van der Waals surface area contributed by atoms with Crippen molar-refractivity contribution in [2.45, 2.75) is 39.2 Å². The highest BCUT2D eigenvalue weighted by Gasteiger charge is 2.49. The van der Waals surface area contributed by atoms with Crippen molar-refractivity contribution < 1.29 is 14.4 Å². The van der Waals surface area contributed by atoms with Crippen molar-refractivity contribution in [3.63, 3.8) is 0 Å². The van der Waals surface area contributed by atoms with Crippen LogP contribution in [0.2, 0.25) is 5.02 Å². The molecule has 1 fully saturated rings. The number of rotatable bonds is 5. The second-order valence-corrected chi connectivity index (χ2v) is 8.17. The largest absolute Gasteiger partial charge is 0.325 e. The lowest BCUT2D eigenvalue weighted by atomic mass is 9.90. The molecule has 0 bridgehead atoms. The minimum absolute atomic E-state index is 0.363. The zero-order valence-corrected chi connectivity index (χ0v) is 17.6. The number of imide groups is 1. The van der Waals surface area contributed by atoms with Gasteiger partial charge >= 0.3 is 6.03 Å². The first-order valence-corrected chi connectivity index (χ1v) is 9.80. The number of hydrogen-bond donors (Lipinski definition) is 2. The number of nitrogens with zero attached hydrogens (tertiary/aromatic N) is 1. The van der Waals surface area contributed by atoms with Gasteiger partial charge in [-0.3, -0.25) is 14.5 Å². The molecule has 152 valence electrons. The summed E-state index contributed by atoms with van der Waals surface area (Å²) in [4.78, 5) is 38.8. The number of amides is 4. The van der Waals surface area contributed by atoms with Gasteiger partial charge in [0.25, 0.3) is 5.91 Å². The molecule has 3 rings (SSSR count). The van der Waals surface area contributed by atoms with Crippen LogP contribution in [0.25, 0.3) is 0 Å². The highest BCUT2D eigenvalue weighted by molar-refractivity contribution is 6.30. The lowest BCUT2D eigenvalue weighted by Crippen LogP contribution is -2.42. The fourth-order valence-corrected chi connectivity index (χ4v) is 3.56. The third-order valence-corrected chi connectivity index (χ3v) is 5.43. The fourth-order valence-electron chi connectivity index (χ4n) is 3.34. The first kappa shape index (κ1) is 20.9. The summed E-state index contributed by atoms with van der Waals surface area (Å²) in [5.74, 6) is -0.552. The van der Waals surface area contributed by atoms with Crippen molar-refractivity contribution in [3.05, 3.63) is 64.2 Å². The molecular weight excluding hydrogens is 390 g/mol. The van der Waals surface area contributed by atoms with Gasteiger partial charge < -0.3 is 10.6 Å². The Kier molecular flexibility index (Phi) is 5.66. The van der Waals surface area contributed by atoms with E-state index in [4.69, 9.17) is 11.6 Å². The van der Waals surface area contributed by atoms with Crippen molar-refractivity contribution in [2.24, 2.45) is 0 Å². The van der Waals surface area contributed by atoms with Gasteiger partial charge in [-0.15, -0.1) is 0 Å². The van der Waals surface area contributed by atoms with Crippen LogP contribution in [0.3, 0.4) is 0 Å². The number of urea groups is 1. The molecule has 0 spiro atoms. The molecule has 7 heteroatoms. The SMILES string of the molecule is Cc1cc(Cl)ccc1NC(=O)CN1C(=O)N[C@](C)(c2ccc(C(C)C)cc2)C1=O. The molecule has 1 atom stereocenters. The molecule has 0 radical (unpaired) electrons. The van der Waals surface area contributed by atoms with Gasteiger partial charge in [-0.1, -0.05) is 49.7 Å². The Morgan fingerprint density at radius 2 is 1.83 bits per heavy atom. The summed E-state index contributed by atoms with van der Waals surface area (Å²) in [5.41, 5.74) is 1.99. The van der Waals surface area contributed by atoms with Crippen LogP contribution in [-0.2, 0) is 15.1 Å². The van der Waals surface area contributed by atoms with E-state index < -0.39 is 23.4 Å². The average molecular weight is 414 g/mol. The first-order chi connectivity index (χ1) is 13.6. The maximum absolute atomic E-state index is 13.0. The van der Waals surface area contributed by atoms with Crippen LogP contribution in [0.15, 0.2) is 42.5 Å². The van der Waals surface area contributed by atoms with Crippen molar-refractivity contribution in [2.75, 3.05) is 11.9 Å². The third-order valence-electron chi connectivity index (χ3n) is 5.19. The summed E-state index contributed by atoms with van der Waals surface area (Å²) in [6, 6.07) is 12.1. The Balaban J connectivity index is 1.75. The average Bonchev–Trinajstić information content (AvgIpc) is 2.88. The number of carbonyl (C=O) groups is 3. The van der Waals surface area contributed by atoms with Crippen LogP contribution in [0.5, 0.6) is 0 Å². The molecule has 0 aliphatic carbocycles. The Morgan fingerprint density at radius 3 is 2.41 bits per heavy atom. The van der Waals surface area contributed by atoms with Crippen molar-refractivity contribution in [3.8, 4) is 0 Å². The Hall–Kier alpha value is -2.86. The van der Waals surface area contributed by atoms with E-state index in [2.05, 4.69) is 24.5 Å². The maximum atomic E-state index is 13.0. The maximum Gasteiger partial charge on any atom is 0.325 e. The molecule has 2 N–H and O–H groups in total. The van der Waals surface area contributed by atoms with E-state index in [-0.39, 0.29) is 6.54 Å². The first-order valence-electron chi connectivity index (χ1n) is 9.42. The zero-order chi connectivity index (χ0) is 21.3. The van der Waals surface area contributed by atoms with Gasteiger partial charge in [0.1, 0.15) is 12.1 Å². The van der Waals surface area contributed by atoms with Crippen LogP contribution >= 0.6 is 11.6 Å². The van der Waals surface area contributed by atoms with Gasteiger partial charge in [0, 0.05) is 10.7 Å². The number of anilines is 1. The van der Waals surface area contributed by atoms with Gasteiger partial charge in [0.15, 0.2) is 0 Å². The summed E-state index contributed by atoms with van der Waals surface area (Å²) in [7, 11) is 0. The van der Waals surface area contributed by atoms with Gasteiger partial charge in [0.2, 0.25) is 5.91 Å². The number of nitrogens with one attached hydrogen (secondary N) is 2. The molecule has 0 saturated carbocycles. The molecule has 1 aliphatic heterocycles. The highest BCUT2D eigenvalue weighted by Crippen LogP contribution is 2.30. The molecule has 6 nitrogen and oxygen atoms in total. The number of carbonyl (C=O) groups excluding carboxylic acids is 3. The molecule has 1 saturated heterocycles. The predicted molar refractivity (Wildman–Crippen MR) is 113 cm³/mol. The normalized spacial score (nSPS) is 18.9. The van der Waals surface area contributed by atoms with E-state index in [9.17, 15) is 14.4 Å². The summed E-state index contributed by atoms with van der Waals surface area (Å²) >= 11 is 5.93. The van der Waals surface area contributed by atoms with Gasteiger partial charge in [-0.2, -0.15) is 0 Å². The van der Waals surface area contributed by atoms with E-state index in [0.29, 0.717) is 22.2 Å². The van der Waals surface area contributed by atoms with Crippen molar-refractivity contribution in [1.29, 1.82) is 0 Å². The monoisotopic (exact) mass is 413 g/mol. The second-order valence-electron chi connectivity index (χ2n) is 7.73. The van der Waals surface area contributed by atoms with E-state index in [1.54, 1.807) is 25.1 Å². The Bertz CT molecular complexity index is 972. The third kappa shape index (κ3) is 4.12. The zero-order valence-electron chi connectivity index (χ0n) is 16.9. The minimum atomic E-state index is -1.21. The molecule has 1 heterocycles. The quantitative estimate of drug-likeness (QED) is 0.722. The lowest BCUT2D eigenvalue weighted by molar-refractivity contribution is -0.133. The van der Waals surface area contributed by atoms with E-state index in [0.717, 1.165) is 16.0 Å². The number of halogens is 1. The summed E-state index contributed by atoms with van der Waals surface area (Å²) in [6.07, 6.45) is 0. The molecule has 2 aromatic carbocycles. The number of benzene rings is 2. The Labute approximate surface area is 175 Å². The Morgan fingerprint density at radius 1 is 1.17 bits per heavy atom. The van der Waals surface area contributed by atoms with E-state index >= 15 is 0 Å². The van der Waals surface area contributed by atoms with Gasteiger partial charge in [0.05, 0.1) is 0 Å². The summed E-state index contributed by atoms with van der Waals surface area (Å²) < 4.78 is 0. The molecule has 0 unspecified atom stereocenters.